The standard InChI is InChI=1S/C28H32ClN3O/c1-5-6-17-33-24-14-12-23(13-15-24)32-26-18-22(29)11-16-25(26)31-27(32)30-19-20-7-9-21(10-8-20)28(2,3)4/h7-16,18H,5-6,17,19H2,1-4H3,(H,30,31). The molecule has 1 N–H and O–H groups in total. The molecule has 33 heavy (non-hydrogen) atoms. The fourth-order valence-electron chi connectivity index (χ4n) is 3.76. The molecule has 0 saturated carbocycles. The van der Waals surface area contributed by atoms with Gasteiger partial charge in [-0.15, -0.1) is 0 Å². The monoisotopic (exact) mass is 461 g/mol. The first-order valence-electron chi connectivity index (χ1n) is 11.6. The zero-order chi connectivity index (χ0) is 23.4. The number of nitrogens with zero attached hydrogens (tertiary/aromatic N) is 2. The minimum absolute atomic E-state index is 0.144. The summed E-state index contributed by atoms with van der Waals surface area (Å²) in [6, 6.07) is 22.7. The highest BCUT2D eigenvalue weighted by atomic mass is 35.5. The molecule has 5 heteroatoms. The van der Waals surface area contributed by atoms with E-state index in [1.807, 2.05) is 30.3 Å². The number of hydrogen-bond donors (Lipinski definition) is 1. The van der Waals surface area contributed by atoms with Crippen molar-refractivity contribution in [2.75, 3.05) is 11.9 Å². The normalized spacial score (nSPS) is 11.7. The predicted octanol–water partition coefficient (Wildman–Crippen LogP) is 7.77. The Hall–Kier alpha value is -2.98. The van der Waals surface area contributed by atoms with Gasteiger partial charge in [0.15, 0.2) is 0 Å². The Morgan fingerprint density at radius 2 is 1.70 bits per heavy atom. The van der Waals surface area contributed by atoms with Crippen molar-refractivity contribution in [2.45, 2.75) is 52.5 Å². The molecule has 0 atom stereocenters. The van der Waals surface area contributed by atoms with Gasteiger partial charge in [-0.2, -0.15) is 0 Å². The average molecular weight is 462 g/mol. The summed E-state index contributed by atoms with van der Waals surface area (Å²) in [6.45, 7) is 10.3. The van der Waals surface area contributed by atoms with Crippen LogP contribution in [0.3, 0.4) is 0 Å². The van der Waals surface area contributed by atoms with Crippen molar-refractivity contribution in [1.29, 1.82) is 0 Å². The molecule has 3 aromatic carbocycles. The summed E-state index contributed by atoms with van der Waals surface area (Å²) in [4.78, 5) is 4.85. The molecule has 0 spiro atoms. The van der Waals surface area contributed by atoms with Gasteiger partial charge in [0.25, 0.3) is 0 Å². The number of aromatic nitrogens is 2. The highest BCUT2D eigenvalue weighted by Gasteiger charge is 2.15. The molecule has 0 radical (unpaired) electrons. The number of unbranched alkanes of at least 4 members (excludes halogenated alkanes) is 1. The minimum atomic E-state index is 0.144. The molecule has 0 aliphatic heterocycles. The lowest BCUT2D eigenvalue weighted by atomic mass is 9.87. The summed E-state index contributed by atoms with van der Waals surface area (Å²) in [5.41, 5.74) is 5.55. The van der Waals surface area contributed by atoms with Crippen LogP contribution < -0.4 is 10.1 Å². The van der Waals surface area contributed by atoms with E-state index in [9.17, 15) is 0 Å². The zero-order valence-corrected chi connectivity index (χ0v) is 20.6. The van der Waals surface area contributed by atoms with Gasteiger partial charge in [0.1, 0.15) is 5.75 Å². The third-order valence-corrected chi connectivity index (χ3v) is 5.98. The van der Waals surface area contributed by atoms with Crippen LogP contribution >= 0.6 is 11.6 Å². The van der Waals surface area contributed by atoms with E-state index in [2.05, 4.69) is 74.0 Å². The Kier molecular flexibility index (Phi) is 6.94. The number of benzene rings is 3. The fourth-order valence-corrected chi connectivity index (χ4v) is 3.92. The number of halogens is 1. The Bertz CT molecular complexity index is 1210. The van der Waals surface area contributed by atoms with Gasteiger partial charge in [-0.25, -0.2) is 4.98 Å². The highest BCUT2D eigenvalue weighted by molar-refractivity contribution is 6.31. The Morgan fingerprint density at radius 1 is 0.970 bits per heavy atom. The topological polar surface area (TPSA) is 39.1 Å². The maximum atomic E-state index is 6.33. The van der Waals surface area contributed by atoms with Crippen LogP contribution in [0.15, 0.2) is 66.7 Å². The van der Waals surface area contributed by atoms with Crippen molar-refractivity contribution >= 4 is 28.6 Å². The van der Waals surface area contributed by atoms with Gasteiger partial charge in [-0.1, -0.05) is 70.0 Å². The Labute approximate surface area is 201 Å². The second-order valence-electron chi connectivity index (χ2n) is 9.40. The minimum Gasteiger partial charge on any atom is -0.494 e. The first-order valence-corrected chi connectivity index (χ1v) is 12.0. The summed E-state index contributed by atoms with van der Waals surface area (Å²) in [5.74, 6) is 1.66. The summed E-state index contributed by atoms with van der Waals surface area (Å²) < 4.78 is 7.94. The summed E-state index contributed by atoms with van der Waals surface area (Å²) >= 11 is 6.33. The maximum absolute atomic E-state index is 6.33. The van der Waals surface area contributed by atoms with Crippen LogP contribution in [0.2, 0.25) is 5.02 Å². The van der Waals surface area contributed by atoms with E-state index in [-0.39, 0.29) is 5.41 Å². The molecular weight excluding hydrogens is 430 g/mol. The first-order chi connectivity index (χ1) is 15.8. The smallest absolute Gasteiger partial charge is 0.208 e. The van der Waals surface area contributed by atoms with Crippen LogP contribution in [-0.2, 0) is 12.0 Å². The Morgan fingerprint density at radius 3 is 2.36 bits per heavy atom. The molecule has 0 aliphatic rings. The molecule has 172 valence electrons. The molecule has 0 aliphatic carbocycles. The van der Waals surface area contributed by atoms with E-state index in [0.29, 0.717) is 11.6 Å². The quantitative estimate of drug-likeness (QED) is 0.272. The molecule has 0 saturated heterocycles. The van der Waals surface area contributed by atoms with Gasteiger partial charge in [-0.05, 0) is 65.4 Å². The summed E-state index contributed by atoms with van der Waals surface area (Å²) in [5, 5.41) is 4.22. The molecular formula is C28H32ClN3O. The lowest BCUT2D eigenvalue weighted by Gasteiger charge is -2.19. The molecule has 4 nitrogen and oxygen atoms in total. The number of anilines is 1. The molecule has 1 heterocycles. The molecule has 0 amide bonds. The molecule has 0 bridgehead atoms. The van der Waals surface area contributed by atoms with E-state index in [4.69, 9.17) is 21.3 Å². The maximum Gasteiger partial charge on any atom is 0.208 e. The van der Waals surface area contributed by atoms with E-state index in [0.717, 1.165) is 47.9 Å². The third-order valence-electron chi connectivity index (χ3n) is 5.75. The van der Waals surface area contributed by atoms with Crippen LogP contribution in [-0.4, -0.2) is 16.2 Å². The lowest BCUT2D eigenvalue weighted by molar-refractivity contribution is 0.309. The van der Waals surface area contributed by atoms with Crippen LogP contribution in [0.5, 0.6) is 5.75 Å². The van der Waals surface area contributed by atoms with E-state index >= 15 is 0 Å². The molecule has 0 unspecified atom stereocenters. The Balaban J connectivity index is 1.61. The predicted molar refractivity (Wildman–Crippen MR) is 139 cm³/mol. The van der Waals surface area contributed by atoms with Crippen molar-refractivity contribution < 1.29 is 4.74 Å². The molecule has 4 aromatic rings. The number of rotatable bonds is 8. The van der Waals surface area contributed by atoms with Crippen molar-refractivity contribution in [2.24, 2.45) is 0 Å². The largest absolute Gasteiger partial charge is 0.494 e. The van der Waals surface area contributed by atoms with E-state index < -0.39 is 0 Å². The number of imidazole rings is 1. The van der Waals surface area contributed by atoms with Crippen molar-refractivity contribution in [3.8, 4) is 11.4 Å². The van der Waals surface area contributed by atoms with E-state index in [1.54, 1.807) is 0 Å². The number of nitrogens with one attached hydrogen (secondary N) is 1. The van der Waals surface area contributed by atoms with Gasteiger partial charge < -0.3 is 10.1 Å². The SMILES string of the molecule is CCCCOc1ccc(-n2c(NCc3ccc(C(C)(C)C)cc3)nc3ccc(Cl)cc32)cc1. The van der Waals surface area contributed by atoms with Gasteiger partial charge in [0.05, 0.1) is 17.6 Å². The van der Waals surface area contributed by atoms with Gasteiger partial charge in [0.2, 0.25) is 5.95 Å². The number of ether oxygens (including phenoxy) is 1. The first kappa shape index (κ1) is 23.2. The number of fused-ring (bicyclic) bond motifs is 1. The zero-order valence-electron chi connectivity index (χ0n) is 19.9. The second-order valence-corrected chi connectivity index (χ2v) is 9.84. The fraction of sp³-hybridized carbons (Fsp3) is 0.321. The summed E-state index contributed by atoms with van der Waals surface area (Å²) in [7, 11) is 0. The third kappa shape index (κ3) is 5.51. The highest BCUT2D eigenvalue weighted by Crippen LogP contribution is 2.29. The van der Waals surface area contributed by atoms with Crippen LogP contribution in [0.4, 0.5) is 5.95 Å². The average Bonchev–Trinajstić information content (AvgIpc) is 3.15. The van der Waals surface area contributed by atoms with Crippen molar-refractivity contribution in [3.05, 3.63) is 82.9 Å². The van der Waals surface area contributed by atoms with Crippen LogP contribution in [0.25, 0.3) is 16.7 Å². The van der Waals surface area contributed by atoms with Gasteiger partial charge in [-0.3, -0.25) is 4.57 Å². The second kappa shape index (κ2) is 9.88. The number of hydrogen-bond acceptors (Lipinski definition) is 3. The van der Waals surface area contributed by atoms with Crippen LogP contribution in [0.1, 0.15) is 51.7 Å². The molecule has 1 aromatic heterocycles. The molecule has 0 fully saturated rings. The van der Waals surface area contributed by atoms with E-state index in [1.165, 1.54) is 11.1 Å². The lowest BCUT2D eigenvalue weighted by Crippen LogP contribution is -2.11. The van der Waals surface area contributed by atoms with Crippen molar-refractivity contribution in [1.82, 2.24) is 9.55 Å². The van der Waals surface area contributed by atoms with Crippen molar-refractivity contribution in [3.63, 3.8) is 0 Å². The van der Waals surface area contributed by atoms with Gasteiger partial charge >= 0.3 is 0 Å². The van der Waals surface area contributed by atoms with Crippen LogP contribution in [0, 0.1) is 0 Å². The van der Waals surface area contributed by atoms with Gasteiger partial charge in [0, 0.05) is 17.3 Å². The molecule has 4 rings (SSSR count). The summed E-state index contributed by atoms with van der Waals surface area (Å²) in [6.07, 6.45) is 2.17.